The topological polar surface area (TPSA) is 18.5 Å². The Bertz CT molecular complexity index is 1100. The van der Waals surface area contributed by atoms with Gasteiger partial charge in [0, 0.05) is 17.7 Å². The number of hydrogen-bond acceptors (Lipinski definition) is 2. The van der Waals surface area contributed by atoms with Gasteiger partial charge in [0.25, 0.3) is 0 Å². The predicted molar refractivity (Wildman–Crippen MR) is 106 cm³/mol. The molecule has 0 atom stereocenters. The van der Waals surface area contributed by atoms with Crippen LogP contribution in [-0.2, 0) is 13.0 Å². The fraction of sp³-hybridized carbons (Fsp3) is 0.167. The summed E-state index contributed by atoms with van der Waals surface area (Å²) in [5.74, 6) is -2.79. The van der Waals surface area contributed by atoms with Crippen LogP contribution >= 0.6 is 0 Å². The minimum absolute atomic E-state index is 0.0517. The second kappa shape index (κ2) is 8.22. The lowest BCUT2D eigenvalue weighted by molar-refractivity contribution is 0.302. The van der Waals surface area contributed by atoms with Crippen LogP contribution in [0.5, 0.6) is 11.5 Å². The summed E-state index contributed by atoms with van der Waals surface area (Å²) in [5, 5.41) is 0. The van der Waals surface area contributed by atoms with Crippen LogP contribution in [0.1, 0.15) is 29.2 Å². The van der Waals surface area contributed by atoms with Crippen molar-refractivity contribution >= 4 is 11.6 Å². The predicted octanol–water partition coefficient (Wildman–Crippen LogP) is 6.32. The summed E-state index contributed by atoms with van der Waals surface area (Å²) >= 11 is 0. The first-order valence-corrected chi connectivity index (χ1v) is 9.47. The Morgan fingerprint density at radius 3 is 2.10 bits per heavy atom. The lowest BCUT2D eigenvalue weighted by Gasteiger charge is -2.11. The molecule has 3 aromatic carbocycles. The summed E-state index contributed by atoms with van der Waals surface area (Å²) in [6.45, 7) is 2.59. The third-order valence-corrected chi connectivity index (χ3v) is 4.87. The number of ether oxygens (including phenoxy) is 2. The SMILES string of the molecule is CCOc1ccc(COc2cc(F)c(C3=Cc4cc(F)c(F)cc4C3)c(F)c2)cc1. The Labute approximate surface area is 171 Å². The third kappa shape index (κ3) is 4.03. The van der Waals surface area contributed by atoms with Gasteiger partial charge >= 0.3 is 0 Å². The Hall–Kier alpha value is -3.28. The molecule has 0 heterocycles. The molecule has 0 spiro atoms. The number of allylic oxidation sites excluding steroid dienone is 1. The van der Waals surface area contributed by atoms with Crippen LogP contribution in [0, 0.1) is 23.3 Å². The van der Waals surface area contributed by atoms with Crippen molar-refractivity contribution in [3.05, 3.63) is 94.1 Å². The van der Waals surface area contributed by atoms with Crippen molar-refractivity contribution in [2.45, 2.75) is 20.0 Å². The molecule has 6 heteroatoms. The van der Waals surface area contributed by atoms with Gasteiger partial charge in [0.15, 0.2) is 11.6 Å². The Morgan fingerprint density at radius 2 is 1.43 bits per heavy atom. The molecule has 4 rings (SSSR count). The molecule has 1 aliphatic carbocycles. The summed E-state index contributed by atoms with van der Waals surface area (Å²) in [5.41, 5.74) is 1.82. The van der Waals surface area contributed by atoms with E-state index >= 15 is 0 Å². The Kier molecular flexibility index (Phi) is 5.48. The van der Waals surface area contributed by atoms with Crippen LogP contribution < -0.4 is 9.47 Å². The lowest BCUT2D eigenvalue weighted by atomic mass is 10.0. The highest BCUT2D eigenvalue weighted by molar-refractivity contribution is 5.89. The van der Waals surface area contributed by atoms with Gasteiger partial charge in [0.1, 0.15) is 29.7 Å². The van der Waals surface area contributed by atoms with Gasteiger partial charge in [0.05, 0.1) is 6.61 Å². The van der Waals surface area contributed by atoms with E-state index in [-0.39, 0.29) is 24.3 Å². The zero-order valence-corrected chi connectivity index (χ0v) is 16.1. The molecule has 30 heavy (non-hydrogen) atoms. The minimum Gasteiger partial charge on any atom is -0.494 e. The molecule has 0 radical (unpaired) electrons. The van der Waals surface area contributed by atoms with E-state index in [2.05, 4.69) is 0 Å². The summed E-state index contributed by atoms with van der Waals surface area (Å²) in [6.07, 6.45) is 1.59. The first kappa shape index (κ1) is 20.0. The molecule has 0 unspecified atom stereocenters. The largest absolute Gasteiger partial charge is 0.494 e. The van der Waals surface area contributed by atoms with Gasteiger partial charge in [-0.2, -0.15) is 0 Å². The molecule has 1 aliphatic rings. The summed E-state index contributed by atoms with van der Waals surface area (Å²) < 4.78 is 67.1. The molecule has 0 aliphatic heterocycles. The van der Waals surface area contributed by atoms with Crippen molar-refractivity contribution < 1.29 is 27.0 Å². The summed E-state index contributed by atoms with van der Waals surface area (Å²) in [6, 6.07) is 11.5. The number of halogens is 4. The van der Waals surface area contributed by atoms with Gasteiger partial charge in [-0.05, 0) is 59.9 Å². The van der Waals surface area contributed by atoms with E-state index in [0.717, 1.165) is 35.6 Å². The van der Waals surface area contributed by atoms with Gasteiger partial charge < -0.3 is 9.47 Å². The van der Waals surface area contributed by atoms with Crippen molar-refractivity contribution in [3.63, 3.8) is 0 Å². The van der Waals surface area contributed by atoms with Crippen molar-refractivity contribution in [1.29, 1.82) is 0 Å². The molecular weight excluding hydrogens is 396 g/mol. The van der Waals surface area contributed by atoms with Crippen LogP contribution in [0.2, 0.25) is 0 Å². The monoisotopic (exact) mass is 414 g/mol. The third-order valence-electron chi connectivity index (χ3n) is 4.87. The van der Waals surface area contributed by atoms with E-state index < -0.39 is 23.3 Å². The molecule has 3 aromatic rings. The second-order valence-corrected chi connectivity index (χ2v) is 6.94. The zero-order chi connectivity index (χ0) is 21.3. The number of rotatable bonds is 6. The molecule has 0 N–H and O–H groups in total. The molecule has 0 saturated carbocycles. The smallest absolute Gasteiger partial charge is 0.159 e. The minimum atomic E-state index is -0.995. The summed E-state index contributed by atoms with van der Waals surface area (Å²) in [4.78, 5) is 0. The quantitative estimate of drug-likeness (QED) is 0.440. The van der Waals surface area contributed by atoms with E-state index in [1.165, 1.54) is 6.08 Å². The molecule has 0 bridgehead atoms. The highest BCUT2D eigenvalue weighted by atomic mass is 19.2. The van der Waals surface area contributed by atoms with E-state index in [0.29, 0.717) is 23.3 Å². The van der Waals surface area contributed by atoms with Crippen molar-refractivity contribution in [2.24, 2.45) is 0 Å². The molecule has 0 amide bonds. The van der Waals surface area contributed by atoms with Gasteiger partial charge in [-0.1, -0.05) is 18.2 Å². The van der Waals surface area contributed by atoms with Crippen LogP contribution in [-0.4, -0.2) is 6.61 Å². The standard InChI is InChI=1S/C24H18F4O2/c1-2-29-18-5-3-14(4-6-18)13-30-19-11-22(27)24(23(28)12-19)17-7-15-9-20(25)21(26)10-16(15)8-17/h3-7,9-12H,2,8,13H2,1H3. The van der Waals surface area contributed by atoms with Crippen LogP contribution in [0.25, 0.3) is 11.6 Å². The van der Waals surface area contributed by atoms with E-state index in [1.807, 2.05) is 19.1 Å². The second-order valence-electron chi connectivity index (χ2n) is 6.94. The maximum absolute atomic E-state index is 14.7. The normalized spacial score (nSPS) is 12.5. The number of hydrogen-bond donors (Lipinski definition) is 0. The zero-order valence-electron chi connectivity index (χ0n) is 16.1. The van der Waals surface area contributed by atoms with Crippen molar-refractivity contribution in [3.8, 4) is 11.5 Å². The number of fused-ring (bicyclic) bond motifs is 1. The van der Waals surface area contributed by atoms with E-state index in [1.54, 1.807) is 12.1 Å². The van der Waals surface area contributed by atoms with E-state index in [4.69, 9.17) is 9.47 Å². The molecule has 0 saturated heterocycles. The fourth-order valence-electron chi connectivity index (χ4n) is 3.45. The maximum Gasteiger partial charge on any atom is 0.159 e. The average molecular weight is 414 g/mol. The van der Waals surface area contributed by atoms with Gasteiger partial charge in [-0.15, -0.1) is 0 Å². The summed E-state index contributed by atoms with van der Waals surface area (Å²) in [7, 11) is 0. The first-order chi connectivity index (χ1) is 14.4. The van der Waals surface area contributed by atoms with Crippen LogP contribution in [0.4, 0.5) is 17.6 Å². The van der Waals surface area contributed by atoms with E-state index in [9.17, 15) is 17.6 Å². The Morgan fingerprint density at radius 1 is 0.767 bits per heavy atom. The average Bonchev–Trinajstić information content (AvgIpc) is 3.09. The van der Waals surface area contributed by atoms with Gasteiger partial charge in [-0.25, -0.2) is 17.6 Å². The van der Waals surface area contributed by atoms with Gasteiger partial charge in [0.2, 0.25) is 0 Å². The molecule has 0 aromatic heterocycles. The number of benzene rings is 3. The lowest BCUT2D eigenvalue weighted by Crippen LogP contribution is -2.00. The molecule has 154 valence electrons. The molecule has 0 fully saturated rings. The van der Waals surface area contributed by atoms with Crippen molar-refractivity contribution in [1.82, 2.24) is 0 Å². The fourth-order valence-corrected chi connectivity index (χ4v) is 3.45. The highest BCUT2D eigenvalue weighted by Gasteiger charge is 2.23. The van der Waals surface area contributed by atoms with Gasteiger partial charge in [-0.3, -0.25) is 0 Å². The Balaban J connectivity index is 1.51. The van der Waals surface area contributed by atoms with Crippen molar-refractivity contribution in [2.75, 3.05) is 6.61 Å². The molecule has 2 nitrogen and oxygen atoms in total. The maximum atomic E-state index is 14.7. The van der Waals surface area contributed by atoms with Crippen LogP contribution in [0.3, 0.4) is 0 Å². The first-order valence-electron chi connectivity index (χ1n) is 9.47. The van der Waals surface area contributed by atoms with Crippen LogP contribution in [0.15, 0.2) is 48.5 Å². The molecular formula is C24H18F4O2. The highest BCUT2D eigenvalue weighted by Crippen LogP contribution is 2.36.